The van der Waals surface area contributed by atoms with Crippen molar-refractivity contribution >= 4 is 23.5 Å². The van der Waals surface area contributed by atoms with E-state index >= 15 is 0 Å². The predicted molar refractivity (Wildman–Crippen MR) is 124 cm³/mol. The lowest BCUT2D eigenvalue weighted by molar-refractivity contribution is -0.131. The molecule has 0 radical (unpaired) electrons. The number of anilines is 1. The minimum absolute atomic E-state index is 0.164. The molecule has 6 nitrogen and oxygen atoms in total. The Morgan fingerprint density at radius 3 is 2.40 bits per heavy atom. The van der Waals surface area contributed by atoms with E-state index in [4.69, 9.17) is 4.98 Å². The molecule has 1 amide bonds. The zero-order chi connectivity index (χ0) is 21.7. The van der Waals surface area contributed by atoms with E-state index in [1.807, 2.05) is 18.9 Å². The molecule has 1 aromatic carbocycles. The van der Waals surface area contributed by atoms with Gasteiger partial charge in [0.15, 0.2) is 0 Å². The maximum Gasteiger partial charge on any atom is 0.236 e. The van der Waals surface area contributed by atoms with Gasteiger partial charge in [-0.3, -0.25) is 9.69 Å². The highest BCUT2D eigenvalue weighted by Crippen LogP contribution is 2.19. The van der Waals surface area contributed by atoms with Crippen molar-refractivity contribution in [1.29, 1.82) is 0 Å². The topological polar surface area (TPSA) is 52.6 Å². The normalized spacial score (nSPS) is 14.9. The van der Waals surface area contributed by atoms with Gasteiger partial charge in [0.25, 0.3) is 0 Å². The smallest absolute Gasteiger partial charge is 0.236 e. The van der Waals surface area contributed by atoms with E-state index in [0.717, 1.165) is 49.1 Å². The fraction of sp³-hybridized carbons (Fsp3) is 0.522. The highest BCUT2D eigenvalue weighted by Gasteiger charge is 2.22. The van der Waals surface area contributed by atoms with Crippen molar-refractivity contribution in [1.82, 2.24) is 19.8 Å². The van der Waals surface area contributed by atoms with Crippen LogP contribution in [0.15, 0.2) is 35.2 Å². The van der Waals surface area contributed by atoms with Crippen LogP contribution in [-0.4, -0.2) is 71.7 Å². The van der Waals surface area contributed by atoms with Gasteiger partial charge in [-0.05, 0) is 30.9 Å². The molecule has 0 saturated carbocycles. The Labute approximate surface area is 184 Å². The monoisotopic (exact) mass is 427 g/mol. The molecule has 2 aromatic rings. The first-order valence-electron chi connectivity index (χ1n) is 10.6. The summed E-state index contributed by atoms with van der Waals surface area (Å²) in [5.74, 6) is 2.38. The Hall–Kier alpha value is -2.12. The van der Waals surface area contributed by atoms with E-state index in [2.05, 4.69) is 65.2 Å². The summed E-state index contributed by atoms with van der Waals surface area (Å²) in [5.41, 5.74) is 2.17. The van der Waals surface area contributed by atoms with Crippen molar-refractivity contribution in [2.24, 2.45) is 0 Å². The Balaban J connectivity index is 1.50. The van der Waals surface area contributed by atoms with Crippen molar-refractivity contribution in [3.63, 3.8) is 0 Å². The minimum atomic E-state index is 0.164. The van der Waals surface area contributed by atoms with Gasteiger partial charge in [-0.1, -0.05) is 26.0 Å². The standard InChI is InChI=1S/C23H33N5OS/c1-17(2)23-24-18(3)14-21(25-23)28-12-10-27(11-13-28)16-22(29)26(4)15-19-6-8-20(30-5)9-7-19/h6-9,14,17H,10-13,15-16H2,1-5H3. The number of benzene rings is 1. The largest absolute Gasteiger partial charge is 0.354 e. The summed E-state index contributed by atoms with van der Waals surface area (Å²) in [5, 5.41) is 0. The molecule has 0 spiro atoms. The first-order chi connectivity index (χ1) is 14.4. The number of nitrogens with zero attached hydrogens (tertiary/aromatic N) is 5. The average molecular weight is 428 g/mol. The number of carbonyl (C=O) groups is 1. The van der Waals surface area contributed by atoms with Gasteiger partial charge in [0.1, 0.15) is 11.6 Å². The molecule has 1 aliphatic heterocycles. The van der Waals surface area contributed by atoms with Gasteiger partial charge in [-0.15, -0.1) is 11.8 Å². The average Bonchev–Trinajstić information content (AvgIpc) is 2.74. The highest BCUT2D eigenvalue weighted by atomic mass is 32.2. The third-order valence-electron chi connectivity index (χ3n) is 5.43. The van der Waals surface area contributed by atoms with Gasteiger partial charge in [0.2, 0.25) is 5.91 Å². The van der Waals surface area contributed by atoms with Crippen LogP contribution in [0.5, 0.6) is 0 Å². The number of hydrogen-bond donors (Lipinski definition) is 0. The molecule has 0 unspecified atom stereocenters. The second-order valence-electron chi connectivity index (χ2n) is 8.24. The number of likely N-dealkylation sites (N-methyl/N-ethyl adjacent to an activating group) is 1. The summed E-state index contributed by atoms with van der Waals surface area (Å²) in [6.45, 7) is 10.9. The number of piperazine rings is 1. The number of rotatable bonds is 7. The first kappa shape index (κ1) is 22.6. The van der Waals surface area contributed by atoms with E-state index in [0.29, 0.717) is 19.0 Å². The Morgan fingerprint density at radius 1 is 1.13 bits per heavy atom. The molecule has 1 saturated heterocycles. The number of aromatic nitrogens is 2. The van der Waals surface area contributed by atoms with Crippen LogP contribution in [0.1, 0.15) is 36.8 Å². The fourth-order valence-corrected chi connectivity index (χ4v) is 3.94. The lowest BCUT2D eigenvalue weighted by atomic mass is 10.2. The summed E-state index contributed by atoms with van der Waals surface area (Å²) < 4.78 is 0. The van der Waals surface area contributed by atoms with Gasteiger partial charge < -0.3 is 9.80 Å². The van der Waals surface area contributed by atoms with E-state index in [1.165, 1.54) is 4.90 Å². The summed E-state index contributed by atoms with van der Waals surface area (Å²) in [4.78, 5) is 29.6. The summed E-state index contributed by atoms with van der Waals surface area (Å²) in [6, 6.07) is 10.5. The molecule has 0 N–H and O–H groups in total. The molecule has 30 heavy (non-hydrogen) atoms. The second kappa shape index (κ2) is 10.3. The molecule has 1 fully saturated rings. The number of thioether (sulfide) groups is 1. The van der Waals surface area contributed by atoms with Gasteiger partial charge in [-0.25, -0.2) is 9.97 Å². The number of carbonyl (C=O) groups excluding carboxylic acids is 1. The number of aryl methyl sites for hydroxylation is 1. The molecule has 0 bridgehead atoms. The first-order valence-corrected chi connectivity index (χ1v) is 11.8. The molecule has 0 atom stereocenters. The van der Waals surface area contributed by atoms with Crippen molar-refractivity contribution in [2.75, 3.05) is 50.9 Å². The molecular formula is C23H33N5OS. The van der Waals surface area contributed by atoms with Crippen molar-refractivity contribution < 1.29 is 4.79 Å². The maximum atomic E-state index is 12.7. The van der Waals surface area contributed by atoms with E-state index in [9.17, 15) is 4.79 Å². The van der Waals surface area contributed by atoms with Crippen LogP contribution in [0.3, 0.4) is 0 Å². The van der Waals surface area contributed by atoms with Crippen molar-refractivity contribution in [3.8, 4) is 0 Å². The van der Waals surface area contributed by atoms with Gasteiger partial charge >= 0.3 is 0 Å². The van der Waals surface area contributed by atoms with Crippen LogP contribution in [-0.2, 0) is 11.3 Å². The SMILES string of the molecule is CSc1ccc(CN(C)C(=O)CN2CCN(c3cc(C)nc(C(C)C)n3)CC2)cc1. The van der Waals surface area contributed by atoms with E-state index in [1.54, 1.807) is 11.8 Å². The summed E-state index contributed by atoms with van der Waals surface area (Å²) >= 11 is 1.73. The molecule has 2 heterocycles. The molecule has 3 rings (SSSR count). The number of hydrogen-bond acceptors (Lipinski definition) is 6. The Morgan fingerprint density at radius 2 is 1.80 bits per heavy atom. The van der Waals surface area contributed by atoms with Crippen LogP contribution in [0.2, 0.25) is 0 Å². The van der Waals surface area contributed by atoms with Crippen LogP contribution in [0.4, 0.5) is 5.82 Å². The van der Waals surface area contributed by atoms with Crippen molar-refractivity contribution in [3.05, 3.63) is 47.4 Å². The molecule has 7 heteroatoms. The third kappa shape index (κ3) is 5.95. The maximum absolute atomic E-state index is 12.7. The highest BCUT2D eigenvalue weighted by molar-refractivity contribution is 7.98. The Bertz CT molecular complexity index is 847. The lowest BCUT2D eigenvalue weighted by Crippen LogP contribution is -2.50. The van der Waals surface area contributed by atoms with Crippen LogP contribution in [0, 0.1) is 6.92 Å². The molecule has 1 aromatic heterocycles. The molecule has 162 valence electrons. The molecule has 1 aliphatic rings. The minimum Gasteiger partial charge on any atom is -0.354 e. The summed E-state index contributed by atoms with van der Waals surface area (Å²) in [6.07, 6.45) is 2.07. The van der Waals surface area contributed by atoms with Crippen LogP contribution < -0.4 is 4.90 Å². The zero-order valence-electron chi connectivity index (χ0n) is 18.8. The Kier molecular flexibility index (Phi) is 7.72. The van der Waals surface area contributed by atoms with Crippen molar-refractivity contribution in [2.45, 2.75) is 38.1 Å². The van der Waals surface area contributed by atoms with E-state index in [-0.39, 0.29) is 5.91 Å². The quantitative estimate of drug-likeness (QED) is 0.631. The number of amides is 1. The van der Waals surface area contributed by atoms with Gasteiger partial charge in [-0.2, -0.15) is 0 Å². The molecular weight excluding hydrogens is 394 g/mol. The van der Waals surface area contributed by atoms with Gasteiger partial charge in [0.05, 0.1) is 6.54 Å². The predicted octanol–water partition coefficient (Wildman–Crippen LogP) is 3.41. The molecule has 0 aliphatic carbocycles. The summed E-state index contributed by atoms with van der Waals surface area (Å²) in [7, 11) is 1.89. The fourth-order valence-electron chi connectivity index (χ4n) is 3.53. The second-order valence-corrected chi connectivity index (χ2v) is 9.12. The van der Waals surface area contributed by atoms with Crippen LogP contribution in [0.25, 0.3) is 0 Å². The lowest BCUT2D eigenvalue weighted by Gasteiger charge is -2.36. The van der Waals surface area contributed by atoms with E-state index < -0.39 is 0 Å². The zero-order valence-corrected chi connectivity index (χ0v) is 19.6. The van der Waals surface area contributed by atoms with Crippen LogP contribution >= 0.6 is 11.8 Å². The third-order valence-corrected chi connectivity index (χ3v) is 6.18. The van der Waals surface area contributed by atoms with Gasteiger partial charge in [0, 0.05) is 62.3 Å².